The van der Waals surface area contributed by atoms with Crippen LogP contribution < -0.4 is 5.56 Å². The number of hydrogen-bond donors (Lipinski definition) is 0. The molecule has 3 heterocycles. The van der Waals surface area contributed by atoms with Gasteiger partial charge in [0.15, 0.2) is 10.9 Å². The van der Waals surface area contributed by atoms with E-state index in [0.717, 1.165) is 22.6 Å². The van der Waals surface area contributed by atoms with E-state index in [2.05, 4.69) is 21.3 Å². The number of hydrogen-bond acceptors (Lipinski definition) is 5. The molecule has 5 rings (SSSR count). The van der Waals surface area contributed by atoms with Gasteiger partial charge in [-0.3, -0.25) is 14.0 Å². The van der Waals surface area contributed by atoms with Crippen LogP contribution in [0.2, 0.25) is 0 Å². The third kappa shape index (κ3) is 3.80. The molecule has 35 heavy (non-hydrogen) atoms. The molecular formula is C27H25N5O2S. The van der Waals surface area contributed by atoms with Gasteiger partial charge in [0.05, 0.1) is 22.3 Å². The first-order valence-corrected chi connectivity index (χ1v) is 12.3. The van der Waals surface area contributed by atoms with Crippen molar-refractivity contribution in [1.29, 1.82) is 0 Å². The van der Waals surface area contributed by atoms with Crippen LogP contribution in [0.4, 0.5) is 0 Å². The van der Waals surface area contributed by atoms with E-state index in [1.54, 1.807) is 10.6 Å². The van der Waals surface area contributed by atoms with E-state index in [0.29, 0.717) is 33.9 Å². The molecule has 0 amide bonds. The molecule has 0 aliphatic carbocycles. The molecule has 7 nitrogen and oxygen atoms in total. The van der Waals surface area contributed by atoms with E-state index >= 15 is 0 Å². The van der Waals surface area contributed by atoms with E-state index in [1.807, 2.05) is 79.8 Å². The number of nitrogens with zero attached hydrogens (tertiary/aromatic N) is 5. The minimum Gasteiger partial charge on any atom is -0.345 e. The van der Waals surface area contributed by atoms with Crippen LogP contribution in [0.25, 0.3) is 22.4 Å². The lowest BCUT2D eigenvalue weighted by Crippen LogP contribution is -2.22. The Morgan fingerprint density at radius 1 is 1.06 bits per heavy atom. The number of para-hydroxylation sites is 2. The highest BCUT2D eigenvalue weighted by Gasteiger charge is 2.21. The molecule has 0 saturated heterocycles. The van der Waals surface area contributed by atoms with Gasteiger partial charge in [0.25, 0.3) is 5.56 Å². The van der Waals surface area contributed by atoms with Gasteiger partial charge in [-0.2, -0.15) is 0 Å². The van der Waals surface area contributed by atoms with Gasteiger partial charge in [-0.25, -0.2) is 4.57 Å². The molecular weight excluding hydrogens is 458 g/mol. The van der Waals surface area contributed by atoms with Gasteiger partial charge in [-0.1, -0.05) is 48.2 Å². The van der Waals surface area contributed by atoms with Gasteiger partial charge < -0.3 is 4.57 Å². The molecule has 0 N–H and O–H groups in total. The van der Waals surface area contributed by atoms with Crippen molar-refractivity contribution < 1.29 is 4.79 Å². The van der Waals surface area contributed by atoms with Crippen LogP contribution in [0.15, 0.2) is 77.2 Å². The van der Waals surface area contributed by atoms with Crippen molar-refractivity contribution in [2.45, 2.75) is 32.5 Å². The molecule has 8 heteroatoms. The topological polar surface area (TPSA) is 74.2 Å². The molecule has 176 valence electrons. The zero-order chi connectivity index (χ0) is 24.7. The zero-order valence-corrected chi connectivity index (χ0v) is 20.7. The largest absolute Gasteiger partial charge is 0.345 e. The molecule has 0 aliphatic heterocycles. The number of Topliss-reactive ketones (excluding diaryl/α,β-unsaturated/α-hetero) is 1. The van der Waals surface area contributed by atoms with Gasteiger partial charge in [-0.15, -0.1) is 16.8 Å². The van der Waals surface area contributed by atoms with Crippen molar-refractivity contribution in [3.8, 4) is 5.69 Å². The Bertz CT molecular complexity index is 1670. The van der Waals surface area contributed by atoms with Crippen LogP contribution in [0, 0.1) is 20.8 Å². The fraction of sp³-hybridized carbons (Fsp3) is 0.185. The molecule has 0 saturated carbocycles. The maximum Gasteiger partial charge on any atom is 0.267 e. The summed E-state index contributed by atoms with van der Waals surface area (Å²) in [4.78, 5) is 26.6. The van der Waals surface area contributed by atoms with Crippen LogP contribution in [0.5, 0.6) is 0 Å². The van der Waals surface area contributed by atoms with Crippen LogP contribution in [0.1, 0.15) is 27.3 Å². The molecule has 2 aromatic carbocycles. The number of thioether (sulfide) groups is 1. The van der Waals surface area contributed by atoms with E-state index in [1.165, 1.54) is 11.8 Å². The molecule has 3 aromatic heterocycles. The Hall–Kier alpha value is -3.91. The number of fused-ring (bicyclic) bond motifs is 3. The summed E-state index contributed by atoms with van der Waals surface area (Å²) in [6, 6.07) is 17.0. The number of aromatic nitrogens is 5. The van der Waals surface area contributed by atoms with E-state index in [-0.39, 0.29) is 17.1 Å². The molecule has 5 aromatic rings. The first-order chi connectivity index (χ1) is 16.9. The van der Waals surface area contributed by atoms with Crippen LogP contribution in [-0.2, 0) is 6.54 Å². The monoisotopic (exact) mass is 483 g/mol. The third-order valence-electron chi connectivity index (χ3n) is 6.27. The second kappa shape index (κ2) is 9.03. The van der Waals surface area contributed by atoms with Crippen molar-refractivity contribution in [3.63, 3.8) is 0 Å². The van der Waals surface area contributed by atoms with Gasteiger partial charge in [0.1, 0.15) is 0 Å². The summed E-state index contributed by atoms with van der Waals surface area (Å²) >= 11 is 1.32. The standard InChI is InChI=1S/C27H25N5O2S/c1-5-14-30-18(3)15-21(19(30)4)24(33)16-35-27-29-28-26-31(22-12-8-6-10-17(22)2)25(34)20-11-7-9-13-23(20)32(26)27/h5-13,15H,1,14,16H2,2-4H3. The number of ketones is 1. The predicted molar refractivity (Wildman–Crippen MR) is 140 cm³/mol. The quantitative estimate of drug-likeness (QED) is 0.187. The maximum atomic E-state index is 13.5. The molecule has 0 bridgehead atoms. The summed E-state index contributed by atoms with van der Waals surface area (Å²) in [7, 11) is 0. The molecule has 0 atom stereocenters. The first kappa shape index (κ1) is 22.9. The van der Waals surface area contributed by atoms with Crippen LogP contribution >= 0.6 is 11.8 Å². The highest BCUT2D eigenvalue weighted by atomic mass is 32.2. The van der Waals surface area contributed by atoms with Crippen LogP contribution in [0.3, 0.4) is 0 Å². The SMILES string of the molecule is C=CCn1c(C)cc(C(=O)CSc2nnc3n(-c4ccccc4C)c(=O)c4ccccc4n23)c1C. The average Bonchev–Trinajstić information content (AvgIpc) is 3.40. The summed E-state index contributed by atoms with van der Waals surface area (Å²) in [5.41, 5.74) is 4.91. The van der Waals surface area contributed by atoms with Crippen molar-refractivity contribution in [2.24, 2.45) is 0 Å². The lowest BCUT2D eigenvalue weighted by atomic mass is 10.2. The first-order valence-electron chi connectivity index (χ1n) is 11.3. The lowest BCUT2D eigenvalue weighted by Gasteiger charge is -2.13. The fourth-order valence-corrected chi connectivity index (χ4v) is 5.33. The van der Waals surface area contributed by atoms with E-state index in [9.17, 15) is 9.59 Å². The van der Waals surface area contributed by atoms with Crippen LogP contribution in [-0.4, -0.2) is 35.3 Å². The minimum atomic E-state index is -0.155. The fourth-order valence-electron chi connectivity index (χ4n) is 4.50. The Labute approximate surface area is 206 Å². The summed E-state index contributed by atoms with van der Waals surface area (Å²) in [6.07, 6.45) is 1.82. The number of carbonyl (C=O) groups excluding carboxylic acids is 1. The van der Waals surface area contributed by atoms with Crippen molar-refractivity contribution >= 4 is 34.2 Å². The van der Waals surface area contributed by atoms with Gasteiger partial charge >= 0.3 is 0 Å². The molecule has 0 unspecified atom stereocenters. The highest BCUT2D eigenvalue weighted by Crippen LogP contribution is 2.25. The number of allylic oxidation sites excluding steroid dienone is 1. The number of carbonyl (C=O) groups is 1. The average molecular weight is 484 g/mol. The van der Waals surface area contributed by atoms with Crippen molar-refractivity contribution in [2.75, 3.05) is 5.75 Å². The number of rotatable bonds is 7. The van der Waals surface area contributed by atoms with Crippen molar-refractivity contribution in [1.82, 2.24) is 23.7 Å². The zero-order valence-electron chi connectivity index (χ0n) is 19.9. The van der Waals surface area contributed by atoms with Gasteiger partial charge in [0.2, 0.25) is 5.78 Å². The van der Waals surface area contributed by atoms with Gasteiger partial charge in [0, 0.05) is 23.5 Å². The Morgan fingerprint density at radius 3 is 2.57 bits per heavy atom. The molecule has 0 fully saturated rings. The second-order valence-electron chi connectivity index (χ2n) is 8.46. The smallest absolute Gasteiger partial charge is 0.267 e. The second-order valence-corrected chi connectivity index (χ2v) is 9.40. The highest BCUT2D eigenvalue weighted by molar-refractivity contribution is 7.99. The molecule has 0 aliphatic rings. The summed E-state index contributed by atoms with van der Waals surface area (Å²) < 4.78 is 5.54. The summed E-state index contributed by atoms with van der Waals surface area (Å²) in [5.74, 6) is 0.644. The van der Waals surface area contributed by atoms with E-state index < -0.39 is 0 Å². The third-order valence-corrected chi connectivity index (χ3v) is 7.20. The number of benzene rings is 2. The predicted octanol–water partition coefficient (Wildman–Crippen LogP) is 4.92. The van der Waals surface area contributed by atoms with Crippen molar-refractivity contribution in [3.05, 3.63) is 100 Å². The Kier molecular flexibility index (Phi) is 5.90. The molecule has 0 spiro atoms. The maximum absolute atomic E-state index is 13.5. The van der Waals surface area contributed by atoms with E-state index in [4.69, 9.17) is 0 Å². The summed E-state index contributed by atoms with van der Waals surface area (Å²) in [6.45, 7) is 10.4. The number of aryl methyl sites for hydroxylation is 2. The van der Waals surface area contributed by atoms with Gasteiger partial charge in [-0.05, 0) is 50.6 Å². The lowest BCUT2D eigenvalue weighted by molar-refractivity contribution is 0.102. The normalized spacial score (nSPS) is 11.4. The summed E-state index contributed by atoms with van der Waals surface area (Å²) in [5, 5.41) is 9.90. The minimum absolute atomic E-state index is 0.0201. The Morgan fingerprint density at radius 2 is 1.80 bits per heavy atom. The Balaban J connectivity index is 1.60. The molecule has 0 radical (unpaired) electrons.